The Labute approximate surface area is 113 Å². The average Bonchev–Trinajstić information content (AvgIpc) is 2.37. The third-order valence-corrected chi connectivity index (χ3v) is 4.04. The lowest BCUT2D eigenvalue weighted by Crippen LogP contribution is -2.15. The molecule has 1 aromatic carbocycles. The maximum atomic E-state index is 9.40. The second-order valence-corrected chi connectivity index (χ2v) is 5.59. The van der Waals surface area contributed by atoms with E-state index >= 15 is 0 Å². The molecule has 18 heavy (non-hydrogen) atoms. The lowest BCUT2D eigenvalue weighted by molar-refractivity contribution is 0.196. The lowest BCUT2D eigenvalue weighted by atomic mass is 10.1. The number of thioether (sulfide) groups is 1. The summed E-state index contributed by atoms with van der Waals surface area (Å²) in [5.74, 6) is 6.80. The van der Waals surface area contributed by atoms with Crippen molar-refractivity contribution in [3.63, 3.8) is 0 Å². The van der Waals surface area contributed by atoms with E-state index in [4.69, 9.17) is 5.11 Å². The second-order valence-electron chi connectivity index (χ2n) is 4.23. The molecule has 0 aliphatic rings. The first kappa shape index (κ1) is 15.1. The van der Waals surface area contributed by atoms with Crippen LogP contribution >= 0.6 is 11.8 Å². The van der Waals surface area contributed by atoms with Crippen molar-refractivity contribution in [2.75, 3.05) is 6.61 Å². The lowest BCUT2D eigenvalue weighted by Gasteiger charge is -2.13. The number of aliphatic hydroxyl groups is 2. The molecule has 0 radical (unpaired) electrons. The molecular formula is C15H20O2S. The van der Waals surface area contributed by atoms with Crippen molar-refractivity contribution in [3.8, 4) is 11.8 Å². The molecule has 0 heterocycles. The molecule has 0 aliphatic heterocycles. The van der Waals surface area contributed by atoms with Gasteiger partial charge in [0.05, 0.1) is 12.7 Å². The number of hydrogen-bond acceptors (Lipinski definition) is 3. The molecule has 0 saturated carbocycles. The van der Waals surface area contributed by atoms with E-state index in [9.17, 15) is 5.11 Å². The van der Waals surface area contributed by atoms with Gasteiger partial charge in [-0.2, -0.15) is 11.8 Å². The first-order valence-electron chi connectivity index (χ1n) is 6.12. The van der Waals surface area contributed by atoms with Crippen molar-refractivity contribution < 1.29 is 10.2 Å². The second kappa shape index (κ2) is 8.20. The van der Waals surface area contributed by atoms with Crippen molar-refractivity contribution in [1.29, 1.82) is 0 Å². The zero-order valence-corrected chi connectivity index (χ0v) is 11.7. The molecule has 0 saturated heterocycles. The van der Waals surface area contributed by atoms with Gasteiger partial charge in [0.25, 0.3) is 0 Å². The molecule has 98 valence electrons. The largest absolute Gasteiger partial charge is 0.395 e. The van der Waals surface area contributed by atoms with Crippen LogP contribution in [0.1, 0.15) is 31.4 Å². The fourth-order valence-electron chi connectivity index (χ4n) is 1.27. The smallest absolute Gasteiger partial charge is 0.0628 e. The van der Waals surface area contributed by atoms with Gasteiger partial charge in [-0.05, 0) is 24.6 Å². The molecule has 2 N–H and O–H groups in total. The van der Waals surface area contributed by atoms with Gasteiger partial charge in [0, 0.05) is 23.0 Å². The molecule has 1 rings (SSSR count). The standard InChI is InChI=1S/C15H20O2S/c1-12(17)13(2)18-11-15-8-6-14(7-9-15)5-3-4-10-16/h6-9,12-13,16-17H,4,10-11H2,1-2H3. The molecule has 2 atom stereocenters. The Morgan fingerprint density at radius 3 is 2.44 bits per heavy atom. The van der Waals surface area contributed by atoms with Crippen LogP contribution in [0.3, 0.4) is 0 Å². The number of hydrogen-bond donors (Lipinski definition) is 2. The zero-order chi connectivity index (χ0) is 13.4. The van der Waals surface area contributed by atoms with Gasteiger partial charge in [0.2, 0.25) is 0 Å². The summed E-state index contributed by atoms with van der Waals surface area (Å²) in [5.41, 5.74) is 2.21. The van der Waals surface area contributed by atoms with Crippen molar-refractivity contribution >= 4 is 11.8 Å². The fraction of sp³-hybridized carbons (Fsp3) is 0.467. The minimum absolute atomic E-state index is 0.110. The number of benzene rings is 1. The topological polar surface area (TPSA) is 40.5 Å². The molecule has 1 aromatic rings. The summed E-state index contributed by atoms with van der Waals surface area (Å²) in [5, 5.41) is 18.3. The first-order chi connectivity index (χ1) is 8.63. The first-order valence-corrected chi connectivity index (χ1v) is 7.16. The van der Waals surface area contributed by atoms with Crippen molar-refractivity contribution in [3.05, 3.63) is 35.4 Å². The highest BCUT2D eigenvalue weighted by molar-refractivity contribution is 7.99. The van der Waals surface area contributed by atoms with Crippen LogP contribution in [-0.2, 0) is 5.75 Å². The van der Waals surface area contributed by atoms with E-state index in [1.54, 1.807) is 11.8 Å². The summed E-state index contributed by atoms with van der Waals surface area (Å²) in [4.78, 5) is 0. The normalized spacial score (nSPS) is 13.6. The van der Waals surface area contributed by atoms with Crippen LogP contribution in [0.25, 0.3) is 0 Å². The molecule has 0 aliphatic carbocycles. The predicted octanol–water partition coefficient (Wildman–Crippen LogP) is 2.42. The minimum atomic E-state index is -0.279. The van der Waals surface area contributed by atoms with E-state index in [2.05, 4.69) is 24.0 Å². The van der Waals surface area contributed by atoms with Crippen LogP contribution in [-0.4, -0.2) is 28.2 Å². The van der Waals surface area contributed by atoms with Crippen molar-refractivity contribution in [1.82, 2.24) is 0 Å². The monoisotopic (exact) mass is 264 g/mol. The average molecular weight is 264 g/mol. The van der Waals surface area contributed by atoms with Crippen LogP contribution in [0.2, 0.25) is 0 Å². The molecule has 0 bridgehead atoms. The maximum absolute atomic E-state index is 9.40. The highest BCUT2D eigenvalue weighted by atomic mass is 32.2. The van der Waals surface area contributed by atoms with Gasteiger partial charge < -0.3 is 10.2 Å². The zero-order valence-electron chi connectivity index (χ0n) is 10.9. The van der Waals surface area contributed by atoms with Gasteiger partial charge in [0.15, 0.2) is 0 Å². The summed E-state index contributed by atoms with van der Waals surface area (Å²) in [7, 11) is 0. The van der Waals surface area contributed by atoms with Crippen LogP contribution in [0.15, 0.2) is 24.3 Å². The minimum Gasteiger partial charge on any atom is -0.395 e. The van der Waals surface area contributed by atoms with Gasteiger partial charge in [-0.25, -0.2) is 0 Å². The van der Waals surface area contributed by atoms with Crippen molar-refractivity contribution in [2.24, 2.45) is 0 Å². The Kier molecular flexibility index (Phi) is 6.89. The number of rotatable bonds is 5. The Morgan fingerprint density at radius 1 is 1.22 bits per heavy atom. The molecule has 0 amide bonds. The van der Waals surface area contributed by atoms with Crippen LogP contribution in [0, 0.1) is 11.8 Å². The highest BCUT2D eigenvalue weighted by Gasteiger charge is 2.08. The fourth-order valence-corrected chi connectivity index (χ4v) is 2.20. The molecule has 2 unspecified atom stereocenters. The van der Waals surface area contributed by atoms with Gasteiger partial charge >= 0.3 is 0 Å². The van der Waals surface area contributed by atoms with E-state index in [1.165, 1.54) is 5.56 Å². The van der Waals surface area contributed by atoms with Gasteiger partial charge in [-0.15, -0.1) is 0 Å². The summed E-state index contributed by atoms with van der Waals surface area (Å²) in [6.07, 6.45) is 0.238. The molecular weight excluding hydrogens is 244 g/mol. The van der Waals surface area contributed by atoms with E-state index in [0.29, 0.717) is 6.42 Å². The third-order valence-electron chi connectivity index (χ3n) is 2.62. The maximum Gasteiger partial charge on any atom is 0.0628 e. The predicted molar refractivity (Wildman–Crippen MR) is 77.5 cm³/mol. The third kappa shape index (κ3) is 5.59. The Bertz CT molecular complexity index is 401. The molecule has 0 aromatic heterocycles. The highest BCUT2D eigenvalue weighted by Crippen LogP contribution is 2.20. The van der Waals surface area contributed by atoms with Crippen molar-refractivity contribution in [2.45, 2.75) is 37.4 Å². The van der Waals surface area contributed by atoms with E-state index in [1.807, 2.05) is 26.0 Å². The Hall–Kier alpha value is -0.950. The summed E-state index contributed by atoms with van der Waals surface area (Å²) >= 11 is 1.75. The van der Waals surface area contributed by atoms with E-state index in [-0.39, 0.29) is 18.0 Å². The Morgan fingerprint density at radius 2 is 1.89 bits per heavy atom. The van der Waals surface area contributed by atoms with Gasteiger partial charge in [-0.1, -0.05) is 30.9 Å². The van der Waals surface area contributed by atoms with Crippen LogP contribution in [0.4, 0.5) is 0 Å². The van der Waals surface area contributed by atoms with Gasteiger partial charge in [0.1, 0.15) is 0 Å². The number of aliphatic hydroxyl groups excluding tert-OH is 2. The van der Waals surface area contributed by atoms with E-state index < -0.39 is 0 Å². The summed E-state index contributed by atoms with van der Waals surface area (Å²) in [6, 6.07) is 8.11. The quantitative estimate of drug-likeness (QED) is 0.802. The molecule has 0 fully saturated rings. The van der Waals surface area contributed by atoms with Crippen LogP contribution < -0.4 is 0 Å². The summed E-state index contributed by atoms with van der Waals surface area (Å²) in [6.45, 7) is 3.96. The molecule has 2 nitrogen and oxygen atoms in total. The SMILES string of the molecule is CC(O)C(C)SCc1ccc(C#CCCO)cc1. The van der Waals surface area contributed by atoms with Crippen LogP contribution in [0.5, 0.6) is 0 Å². The van der Waals surface area contributed by atoms with Gasteiger partial charge in [-0.3, -0.25) is 0 Å². The molecule has 3 heteroatoms. The Balaban J connectivity index is 2.48. The molecule has 0 spiro atoms. The van der Waals surface area contributed by atoms with E-state index in [0.717, 1.165) is 11.3 Å². The summed E-state index contributed by atoms with van der Waals surface area (Å²) < 4.78 is 0.